The number of carbonyl (C=O) groups is 2. The largest absolute Gasteiger partial charge is 0.326 e. The van der Waals surface area contributed by atoms with Crippen molar-refractivity contribution < 1.29 is 18.4 Å². The zero-order chi connectivity index (χ0) is 21.7. The Balaban J connectivity index is 1.63. The van der Waals surface area contributed by atoms with Crippen LogP contribution in [-0.4, -0.2) is 21.6 Å². The number of benzene rings is 2. The predicted molar refractivity (Wildman–Crippen MR) is 107 cm³/mol. The van der Waals surface area contributed by atoms with Crippen LogP contribution >= 0.6 is 0 Å². The first kappa shape index (κ1) is 20.8. The molecular formula is C21H18F2N4O3. The second-order valence-electron chi connectivity index (χ2n) is 6.53. The molecule has 154 valence electrons. The average Bonchev–Trinajstić information content (AvgIpc) is 2.72. The van der Waals surface area contributed by atoms with Crippen LogP contribution in [0.2, 0.25) is 0 Å². The van der Waals surface area contributed by atoms with E-state index in [4.69, 9.17) is 0 Å². The quantitative estimate of drug-likeness (QED) is 0.651. The highest BCUT2D eigenvalue weighted by Gasteiger charge is 2.12. The minimum absolute atomic E-state index is 0.0104. The highest BCUT2D eigenvalue weighted by Crippen LogP contribution is 2.13. The molecule has 0 saturated carbocycles. The van der Waals surface area contributed by atoms with E-state index in [2.05, 4.69) is 15.7 Å². The van der Waals surface area contributed by atoms with Gasteiger partial charge in [0.05, 0.1) is 6.54 Å². The molecule has 3 rings (SSSR count). The van der Waals surface area contributed by atoms with Gasteiger partial charge in [0.15, 0.2) is 11.6 Å². The number of rotatable bonds is 6. The molecule has 0 fully saturated rings. The van der Waals surface area contributed by atoms with Gasteiger partial charge in [-0.2, -0.15) is 5.10 Å². The number of hydrogen-bond acceptors (Lipinski definition) is 4. The minimum Gasteiger partial charge on any atom is -0.326 e. The van der Waals surface area contributed by atoms with Crippen molar-refractivity contribution in [3.05, 3.63) is 87.8 Å². The van der Waals surface area contributed by atoms with Gasteiger partial charge in [-0.05, 0) is 37.3 Å². The molecule has 1 aromatic heterocycles. The summed E-state index contributed by atoms with van der Waals surface area (Å²) in [6, 6.07) is 12.6. The highest BCUT2D eigenvalue weighted by molar-refractivity contribution is 6.02. The summed E-state index contributed by atoms with van der Waals surface area (Å²) in [5, 5.41) is 9.08. The maximum absolute atomic E-state index is 13.2. The number of hydrogen-bond donors (Lipinski definition) is 2. The number of carbonyl (C=O) groups excluding carboxylic acids is 2. The average molecular weight is 412 g/mol. The van der Waals surface area contributed by atoms with Crippen molar-refractivity contribution in [3.8, 4) is 0 Å². The number of anilines is 2. The van der Waals surface area contributed by atoms with E-state index < -0.39 is 29.0 Å². The number of nitrogens with zero attached hydrogens (tertiary/aromatic N) is 2. The van der Waals surface area contributed by atoms with Gasteiger partial charge in [-0.25, -0.2) is 13.5 Å². The molecule has 0 aliphatic rings. The summed E-state index contributed by atoms with van der Waals surface area (Å²) in [5.74, 6) is -3.13. The van der Waals surface area contributed by atoms with Crippen molar-refractivity contribution in [3.63, 3.8) is 0 Å². The summed E-state index contributed by atoms with van der Waals surface area (Å²) < 4.78 is 27.1. The maximum atomic E-state index is 13.2. The van der Waals surface area contributed by atoms with E-state index >= 15 is 0 Å². The molecule has 2 amide bonds. The SMILES string of the molecule is Cc1ccc(NC(=O)c2ccc(=O)n(CCC(=O)Nc3ccc(F)c(F)c3)n2)cc1. The first-order chi connectivity index (χ1) is 14.3. The van der Waals surface area contributed by atoms with Crippen molar-refractivity contribution in [2.45, 2.75) is 19.9 Å². The molecule has 0 saturated heterocycles. The van der Waals surface area contributed by atoms with Crippen LogP contribution in [0.25, 0.3) is 0 Å². The zero-order valence-corrected chi connectivity index (χ0v) is 16.0. The summed E-state index contributed by atoms with van der Waals surface area (Å²) in [6.45, 7) is 1.83. The summed E-state index contributed by atoms with van der Waals surface area (Å²) in [7, 11) is 0. The van der Waals surface area contributed by atoms with E-state index in [0.717, 1.165) is 22.4 Å². The Labute approximate surface area is 170 Å². The lowest BCUT2D eigenvalue weighted by Crippen LogP contribution is -2.28. The molecular weight excluding hydrogens is 394 g/mol. The van der Waals surface area contributed by atoms with Gasteiger partial charge < -0.3 is 10.6 Å². The van der Waals surface area contributed by atoms with Crippen LogP contribution in [0.3, 0.4) is 0 Å². The lowest BCUT2D eigenvalue weighted by atomic mass is 10.2. The normalized spacial score (nSPS) is 10.5. The van der Waals surface area contributed by atoms with Gasteiger partial charge in [0.25, 0.3) is 11.5 Å². The van der Waals surface area contributed by atoms with E-state index in [1.54, 1.807) is 12.1 Å². The third-order valence-electron chi connectivity index (χ3n) is 4.16. The third-order valence-corrected chi connectivity index (χ3v) is 4.16. The second-order valence-corrected chi connectivity index (χ2v) is 6.53. The molecule has 0 unspecified atom stereocenters. The summed E-state index contributed by atoms with van der Waals surface area (Å²) in [4.78, 5) is 36.4. The number of nitrogens with one attached hydrogen (secondary N) is 2. The van der Waals surface area contributed by atoms with E-state index in [9.17, 15) is 23.2 Å². The van der Waals surface area contributed by atoms with Gasteiger partial charge in [0.2, 0.25) is 5.91 Å². The van der Waals surface area contributed by atoms with E-state index in [1.807, 2.05) is 19.1 Å². The Morgan fingerprint density at radius 2 is 1.63 bits per heavy atom. The molecule has 0 aliphatic carbocycles. The maximum Gasteiger partial charge on any atom is 0.276 e. The van der Waals surface area contributed by atoms with Gasteiger partial charge in [0.1, 0.15) is 5.69 Å². The Morgan fingerprint density at radius 1 is 0.933 bits per heavy atom. The molecule has 0 radical (unpaired) electrons. The van der Waals surface area contributed by atoms with Crippen LogP contribution in [0.4, 0.5) is 20.2 Å². The standard InChI is InChI=1S/C21H18F2N4O3/c1-13-2-4-14(5-3-13)25-21(30)18-8-9-20(29)27(26-18)11-10-19(28)24-15-6-7-16(22)17(23)12-15/h2-9,12H,10-11H2,1H3,(H,24,28)(H,25,30). The van der Waals surface area contributed by atoms with E-state index in [0.29, 0.717) is 5.69 Å². The smallest absolute Gasteiger partial charge is 0.276 e. The van der Waals surface area contributed by atoms with Gasteiger partial charge in [0, 0.05) is 29.9 Å². The Morgan fingerprint density at radius 3 is 2.33 bits per heavy atom. The monoisotopic (exact) mass is 412 g/mol. The fourth-order valence-electron chi connectivity index (χ4n) is 2.57. The molecule has 0 aliphatic heterocycles. The van der Waals surface area contributed by atoms with Crippen molar-refractivity contribution in [1.29, 1.82) is 0 Å². The predicted octanol–water partition coefficient (Wildman–Crippen LogP) is 3.11. The summed E-state index contributed by atoms with van der Waals surface area (Å²) in [6.07, 6.45) is -0.158. The highest BCUT2D eigenvalue weighted by atomic mass is 19.2. The van der Waals surface area contributed by atoms with Crippen LogP contribution in [0.5, 0.6) is 0 Å². The molecule has 2 N–H and O–H groups in total. The fourth-order valence-corrected chi connectivity index (χ4v) is 2.57. The molecule has 0 bridgehead atoms. The van der Waals surface area contributed by atoms with Crippen LogP contribution < -0.4 is 16.2 Å². The molecule has 30 heavy (non-hydrogen) atoms. The molecule has 9 heteroatoms. The Hall–Kier alpha value is -3.88. The number of halogens is 2. The topological polar surface area (TPSA) is 93.1 Å². The molecule has 7 nitrogen and oxygen atoms in total. The van der Waals surface area contributed by atoms with E-state index in [-0.39, 0.29) is 24.3 Å². The first-order valence-corrected chi connectivity index (χ1v) is 9.03. The number of aryl methyl sites for hydroxylation is 2. The van der Waals surface area contributed by atoms with Crippen molar-refractivity contribution in [2.75, 3.05) is 10.6 Å². The third kappa shape index (κ3) is 5.34. The fraction of sp³-hybridized carbons (Fsp3) is 0.143. The number of aromatic nitrogens is 2. The van der Waals surface area contributed by atoms with Crippen LogP contribution in [0, 0.1) is 18.6 Å². The lowest BCUT2D eigenvalue weighted by molar-refractivity contribution is -0.116. The molecule has 2 aromatic carbocycles. The summed E-state index contributed by atoms with van der Waals surface area (Å²) in [5.41, 5.74) is 1.24. The van der Waals surface area contributed by atoms with Gasteiger partial charge in [-0.15, -0.1) is 0 Å². The summed E-state index contributed by atoms with van der Waals surface area (Å²) >= 11 is 0. The van der Waals surface area contributed by atoms with Crippen molar-refractivity contribution in [1.82, 2.24) is 9.78 Å². The van der Waals surface area contributed by atoms with Crippen LogP contribution in [0.15, 0.2) is 59.4 Å². The van der Waals surface area contributed by atoms with Crippen LogP contribution in [0.1, 0.15) is 22.5 Å². The van der Waals surface area contributed by atoms with Crippen molar-refractivity contribution >= 4 is 23.2 Å². The molecule has 1 heterocycles. The minimum atomic E-state index is -1.09. The zero-order valence-electron chi connectivity index (χ0n) is 16.0. The number of amides is 2. The Kier molecular flexibility index (Phi) is 6.31. The van der Waals surface area contributed by atoms with Gasteiger partial charge in [-0.1, -0.05) is 17.7 Å². The molecule has 0 atom stereocenters. The molecule has 3 aromatic rings. The lowest BCUT2D eigenvalue weighted by Gasteiger charge is -2.09. The van der Waals surface area contributed by atoms with E-state index in [1.165, 1.54) is 18.2 Å². The first-order valence-electron chi connectivity index (χ1n) is 9.03. The second kappa shape index (κ2) is 9.08. The van der Waals surface area contributed by atoms with Gasteiger partial charge in [-0.3, -0.25) is 14.4 Å². The van der Waals surface area contributed by atoms with Gasteiger partial charge >= 0.3 is 0 Å². The van der Waals surface area contributed by atoms with Crippen LogP contribution in [-0.2, 0) is 11.3 Å². The van der Waals surface area contributed by atoms with Crippen molar-refractivity contribution in [2.24, 2.45) is 0 Å². The Bertz CT molecular complexity index is 1140. The molecule has 0 spiro atoms.